The molecule has 3 N–H and O–H groups in total. The van der Waals surface area contributed by atoms with Gasteiger partial charge in [-0.05, 0) is 24.6 Å². The second-order valence-electron chi connectivity index (χ2n) is 4.34. The Labute approximate surface area is 116 Å². The van der Waals surface area contributed by atoms with E-state index in [1.54, 1.807) is 19.2 Å². The molecule has 0 spiro atoms. The van der Waals surface area contributed by atoms with Gasteiger partial charge in [0.05, 0.1) is 10.9 Å². The van der Waals surface area contributed by atoms with Crippen LogP contribution < -0.4 is 16.0 Å². The molecular formula is C13H17N3O2S. The smallest absolute Gasteiger partial charge is 0.240 e. The number of likely N-dealkylation sites (N-methyl/N-ethyl adjacent to an activating group) is 1. The number of nitrogen functional groups attached to an aromatic ring is 1. The maximum atomic E-state index is 12.3. The Morgan fingerprint density at radius 1 is 1.53 bits per heavy atom. The van der Waals surface area contributed by atoms with Crippen LogP contribution in [0.15, 0.2) is 23.1 Å². The summed E-state index contributed by atoms with van der Waals surface area (Å²) in [5.74, 6) is -0.203. The Hall–Kier alpha value is -1.69. The predicted octanol–water partition coefficient (Wildman–Crippen LogP) is 1.23. The third-order valence-corrected chi connectivity index (χ3v) is 4.44. The first-order valence-electron chi connectivity index (χ1n) is 6.15. The molecule has 2 amide bonds. The lowest BCUT2D eigenvalue weighted by Crippen LogP contribution is -2.45. The van der Waals surface area contributed by atoms with Gasteiger partial charge in [-0.1, -0.05) is 6.92 Å². The van der Waals surface area contributed by atoms with Crippen LogP contribution in [0.1, 0.15) is 13.3 Å². The molecule has 0 radical (unpaired) electrons. The van der Waals surface area contributed by atoms with Crippen LogP contribution in [0, 0.1) is 0 Å². The zero-order chi connectivity index (χ0) is 14.0. The Morgan fingerprint density at radius 2 is 2.26 bits per heavy atom. The van der Waals surface area contributed by atoms with Gasteiger partial charge in [0.25, 0.3) is 0 Å². The first-order chi connectivity index (χ1) is 9.06. The van der Waals surface area contributed by atoms with Crippen molar-refractivity contribution in [2.24, 2.45) is 0 Å². The Balaban J connectivity index is 2.40. The molecule has 0 aromatic heterocycles. The van der Waals surface area contributed by atoms with E-state index in [1.165, 1.54) is 16.7 Å². The van der Waals surface area contributed by atoms with Crippen molar-refractivity contribution < 1.29 is 9.59 Å². The zero-order valence-corrected chi connectivity index (χ0v) is 11.8. The normalized spacial score (nSPS) is 18.1. The van der Waals surface area contributed by atoms with Crippen molar-refractivity contribution in [1.29, 1.82) is 0 Å². The number of benzene rings is 1. The number of anilines is 2. The topological polar surface area (TPSA) is 75.4 Å². The molecule has 1 unspecified atom stereocenters. The van der Waals surface area contributed by atoms with Crippen molar-refractivity contribution in [3.05, 3.63) is 18.2 Å². The van der Waals surface area contributed by atoms with E-state index < -0.39 is 0 Å². The number of amides is 2. The molecular weight excluding hydrogens is 262 g/mol. The van der Waals surface area contributed by atoms with E-state index in [0.29, 0.717) is 5.69 Å². The van der Waals surface area contributed by atoms with E-state index >= 15 is 0 Å². The van der Waals surface area contributed by atoms with Crippen molar-refractivity contribution in [2.45, 2.75) is 23.5 Å². The molecule has 1 aliphatic rings. The molecule has 1 aromatic carbocycles. The minimum absolute atomic E-state index is 0.0200. The summed E-state index contributed by atoms with van der Waals surface area (Å²) < 4.78 is 0. The SMILES string of the molecule is CCC1Sc2cc(N)ccc2N(CC(=O)NC)C1=O. The fourth-order valence-electron chi connectivity index (χ4n) is 1.99. The Kier molecular flexibility index (Phi) is 3.99. The van der Waals surface area contributed by atoms with Gasteiger partial charge in [0.1, 0.15) is 6.54 Å². The lowest BCUT2D eigenvalue weighted by atomic mass is 10.2. The van der Waals surface area contributed by atoms with Crippen molar-refractivity contribution in [3.63, 3.8) is 0 Å². The van der Waals surface area contributed by atoms with Gasteiger partial charge in [-0.3, -0.25) is 9.59 Å². The van der Waals surface area contributed by atoms with E-state index in [4.69, 9.17) is 5.73 Å². The summed E-state index contributed by atoms with van der Waals surface area (Å²) in [6, 6.07) is 5.39. The second-order valence-corrected chi connectivity index (χ2v) is 5.58. The predicted molar refractivity (Wildman–Crippen MR) is 77.2 cm³/mol. The van der Waals surface area contributed by atoms with Crippen molar-refractivity contribution >= 4 is 35.0 Å². The zero-order valence-electron chi connectivity index (χ0n) is 11.0. The van der Waals surface area contributed by atoms with E-state index in [2.05, 4.69) is 5.32 Å². The van der Waals surface area contributed by atoms with Gasteiger partial charge >= 0.3 is 0 Å². The summed E-state index contributed by atoms with van der Waals surface area (Å²) in [6.07, 6.45) is 0.724. The number of thioether (sulfide) groups is 1. The number of nitrogens with zero attached hydrogens (tertiary/aromatic N) is 1. The van der Waals surface area contributed by atoms with Gasteiger partial charge in [-0.15, -0.1) is 11.8 Å². The lowest BCUT2D eigenvalue weighted by molar-refractivity contribution is -0.123. The summed E-state index contributed by atoms with van der Waals surface area (Å²) >= 11 is 1.51. The summed E-state index contributed by atoms with van der Waals surface area (Å²) in [5.41, 5.74) is 7.20. The van der Waals surface area contributed by atoms with Crippen LogP contribution >= 0.6 is 11.8 Å². The minimum atomic E-state index is -0.183. The molecule has 1 heterocycles. The number of hydrogen-bond acceptors (Lipinski definition) is 4. The van der Waals surface area contributed by atoms with Crippen LogP contribution in [-0.4, -0.2) is 30.7 Å². The Bertz CT molecular complexity index is 519. The number of carbonyl (C=O) groups excluding carboxylic acids is 2. The quantitative estimate of drug-likeness (QED) is 0.816. The molecule has 19 heavy (non-hydrogen) atoms. The largest absolute Gasteiger partial charge is 0.399 e. The molecule has 5 nitrogen and oxygen atoms in total. The first-order valence-corrected chi connectivity index (χ1v) is 7.03. The van der Waals surface area contributed by atoms with Gasteiger partial charge in [-0.2, -0.15) is 0 Å². The molecule has 1 aliphatic heterocycles. The van der Waals surface area contributed by atoms with Crippen molar-refractivity contribution in [3.8, 4) is 0 Å². The molecule has 6 heteroatoms. The van der Waals surface area contributed by atoms with Crippen LogP contribution in [0.3, 0.4) is 0 Å². The van der Waals surface area contributed by atoms with Crippen LogP contribution in [0.2, 0.25) is 0 Å². The van der Waals surface area contributed by atoms with Gasteiger partial charge in [0, 0.05) is 17.6 Å². The molecule has 0 fully saturated rings. The summed E-state index contributed by atoms with van der Waals surface area (Å²) in [6.45, 7) is 2.01. The van der Waals surface area contributed by atoms with Crippen LogP contribution in [0.5, 0.6) is 0 Å². The monoisotopic (exact) mass is 279 g/mol. The Morgan fingerprint density at radius 3 is 2.89 bits per heavy atom. The number of hydrogen-bond donors (Lipinski definition) is 2. The number of carbonyl (C=O) groups is 2. The molecule has 0 bridgehead atoms. The standard InChI is InChI=1S/C13H17N3O2S/c1-3-10-13(18)16(7-12(17)15-2)9-5-4-8(14)6-11(9)19-10/h4-6,10H,3,7,14H2,1-2H3,(H,15,17). The van der Waals surface area contributed by atoms with Gasteiger partial charge in [-0.25, -0.2) is 0 Å². The van der Waals surface area contributed by atoms with Gasteiger partial charge in [0.15, 0.2) is 0 Å². The molecule has 0 aliphatic carbocycles. The fraction of sp³-hybridized carbons (Fsp3) is 0.385. The summed E-state index contributed by atoms with van der Waals surface area (Å²) in [4.78, 5) is 26.4. The van der Waals surface area contributed by atoms with E-state index in [9.17, 15) is 9.59 Å². The molecule has 0 saturated carbocycles. The third kappa shape index (κ3) is 2.68. The van der Waals surface area contributed by atoms with Crippen molar-refractivity contribution in [1.82, 2.24) is 5.32 Å². The third-order valence-electron chi connectivity index (χ3n) is 3.04. The number of fused-ring (bicyclic) bond motifs is 1. The lowest BCUT2D eigenvalue weighted by Gasteiger charge is -2.33. The number of rotatable bonds is 3. The van der Waals surface area contributed by atoms with Gasteiger partial charge < -0.3 is 16.0 Å². The number of nitrogens with two attached hydrogens (primary N) is 1. The van der Waals surface area contributed by atoms with Crippen LogP contribution in [-0.2, 0) is 9.59 Å². The highest BCUT2D eigenvalue weighted by Gasteiger charge is 2.33. The van der Waals surface area contributed by atoms with E-state index in [-0.39, 0.29) is 23.6 Å². The van der Waals surface area contributed by atoms with Gasteiger partial charge in [0.2, 0.25) is 11.8 Å². The molecule has 2 rings (SSSR count). The highest BCUT2D eigenvalue weighted by Crippen LogP contribution is 2.41. The maximum Gasteiger partial charge on any atom is 0.240 e. The molecule has 102 valence electrons. The maximum absolute atomic E-state index is 12.3. The van der Waals surface area contributed by atoms with E-state index in [1.807, 2.05) is 13.0 Å². The average Bonchev–Trinajstić information content (AvgIpc) is 2.41. The summed E-state index contributed by atoms with van der Waals surface area (Å²) in [7, 11) is 1.56. The molecule has 0 saturated heterocycles. The molecule has 1 atom stereocenters. The number of nitrogens with one attached hydrogen (secondary N) is 1. The van der Waals surface area contributed by atoms with Crippen molar-refractivity contribution in [2.75, 3.05) is 24.2 Å². The summed E-state index contributed by atoms with van der Waals surface area (Å²) in [5, 5.41) is 2.39. The minimum Gasteiger partial charge on any atom is -0.399 e. The highest BCUT2D eigenvalue weighted by atomic mass is 32.2. The highest BCUT2D eigenvalue weighted by molar-refractivity contribution is 8.01. The van der Waals surface area contributed by atoms with E-state index in [0.717, 1.165) is 17.0 Å². The molecule has 1 aromatic rings. The van der Waals surface area contributed by atoms with Crippen LogP contribution in [0.4, 0.5) is 11.4 Å². The van der Waals surface area contributed by atoms with Crippen LogP contribution in [0.25, 0.3) is 0 Å². The fourth-order valence-corrected chi connectivity index (χ4v) is 3.19. The average molecular weight is 279 g/mol. The second kappa shape index (κ2) is 5.52. The first kappa shape index (κ1) is 13.7.